The number of aromatic nitrogens is 1. The second-order valence-corrected chi connectivity index (χ2v) is 5.05. The molecule has 1 aliphatic rings. The van der Waals surface area contributed by atoms with Crippen molar-refractivity contribution in [2.45, 2.75) is 19.4 Å². The molecule has 6 heteroatoms. The van der Waals surface area contributed by atoms with Crippen LogP contribution < -0.4 is 16.6 Å². The van der Waals surface area contributed by atoms with Crippen molar-refractivity contribution in [3.05, 3.63) is 24.4 Å². The molecule has 19 heavy (non-hydrogen) atoms. The number of nitrogens with two attached hydrogens (primary N) is 1. The van der Waals surface area contributed by atoms with Crippen molar-refractivity contribution in [3.63, 3.8) is 0 Å². The van der Waals surface area contributed by atoms with Crippen LogP contribution in [0.15, 0.2) is 24.4 Å². The second kappa shape index (κ2) is 6.49. The number of pyridine rings is 1. The van der Waals surface area contributed by atoms with Crippen molar-refractivity contribution in [3.8, 4) is 0 Å². The highest BCUT2D eigenvalue weighted by molar-refractivity contribution is 5.79. The van der Waals surface area contributed by atoms with Gasteiger partial charge in [-0.3, -0.25) is 20.5 Å². The molecule has 1 aromatic rings. The molecule has 1 aliphatic heterocycles. The van der Waals surface area contributed by atoms with Crippen molar-refractivity contribution < 1.29 is 4.79 Å². The maximum atomic E-state index is 11.8. The first kappa shape index (κ1) is 13.8. The first-order valence-corrected chi connectivity index (χ1v) is 6.59. The first-order valence-electron chi connectivity index (χ1n) is 6.59. The number of rotatable bonds is 4. The van der Waals surface area contributed by atoms with Crippen LogP contribution in [0.5, 0.6) is 0 Å². The zero-order valence-electron chi connectivity index (χ0n) is 11.2. The minimum Gasteiger partial charge on any atom is -0.327 e. The molecule has 2 heterocycles. The summed E-state index contributed by atoms with van der Waals surface area (Å²) in [6.07, 6.45) is 2.62. The molecule has 0 spiro atoms. The molecule has 0 bridgehead atoms. The van der Waals surface area contributed by atoms with Gasteiger partial charge in [-0.15, -0.1) is 0 Å². The van der Waals surface area contributed by atoms with Gasteiger partial charge in [0.25, 0.3) is 5.91 Å². The van der Waals surface area contributed by atoms with Crippen LogP contribution in [-0.2, 0) is 4.79 Å². The van der Waals surface area contributed by atoms with E-state index in [9.17, 15) is 4.79 Å². The molecule has 2 unspecified atom stereocenters. The molecule has 1 amide bonds. The number of nitrogens with zero attached hydrogens (tertiary/aromatic N) is 2. The van der Waals surface area contributed by atoms with Crippen LogP contribution in [0.2, 0.25) is 0 Å². The number of anilines is 1. The van der Waals surface area contributed by atoms with Crippen molar-refractivity contribution in [1.82, 2.24) is 15.3 Å². The molecule has 2 rings (SSSR count). The molecule has 0 aromatic carbocycles. The second-order valence-electron chi connectivity index (χ2n) is 5.05. The predicted molar refractivity (Wildman–Crippen MR) is 74.2 cm³/mol. The highest BCUT2D eigenvalue weighted by Crippen LogP contribution is 2.14. The Morgan fingerprint density at radius 2 is 2.42 bits per heavy atom. The zero-order valence-corrected chi connectivity index (χ0v) is 11.2. The number of piperidine rings is 1. The van der Waals surface area contributed by atoms with Crippen molar-refractivity contribution >= 4 is 11.7 Å². The average Bonchev–Trinajstić information content (AvgIpc) is 2.42. The van der Waals surface area contributed by atoms with Gasteiger partial charge in [-0.05, 0) is 24.5 Å². The summed E-state index contributed by atoms with van der Waals surface area (Å²) >= 11 is 0. The summed E-state index contributed by atoms with van der Waals surface area (Å²) in [5, 5.41) is 0. The fourth-order valence-electron chi connectivity index (χ4n) is 2.21. The minimum atomic E-state index is -0.0617. The summed E-state index contributed by atoms with van der Waals surface area (Å²) in [7, 11) is 0. The quantitative estimate of drug-likeness (QED) is 0.676. The van der Waals surface area contributed by atoms with Gasteiger partial charge in [0.15, 0.2) is 0 Å². The molecule has 1 fully saturated rings. The van der Waals surface area contributed by atoms with Crippen LogP contribution >= 0.6 is 0 Å². The summed E-state index contributed by atoms with van der Waals surface area (Å²) in [6.45, 7) is 4.26. The lowest BCUT2D eigenvalue weighted by Gasteiger charge is -2.34. The Morgan fingerprint density at radius 1 is 1.58 bits per heavy atom. The number of hydrazine groups is 1. The molecule has 104 valence electrons. The van der Waals surface area contributed by atoms with Gasteiger partial charge in [0.05, 0.1) is 6.54 Å². The van der Waals surface area contributed by atoms with Gasteiger partial charge in [0, 0.05) is 25.3 Å². The van der Waals surface area contributed by atoms with E-state index < -0.39 is 0 Å². The smallest absolute Gasteiger partial charge is 0.252 e. The number of nitrogens with one attached hydrogen (secondary N) is 2. The molecule has 6 nitrogen and oxygen atoms in total. The summed E-state index contributed by atoms with van der Waals surface area (Å²) in [5.41, 5.74) is 11.4. The Kier molecular flexibility index (Phi) is 4.70. The first-order chi connectivity index (χ1) is 9.15. The van der Waals surface area contributed by atoms with Crippen molar-refractivity contribution in [1.29, 1.82) is 0 Å². The standard InChI is InChI=1S/C13H21N5O/c1-10-8-18(7-5-11(10)14)9-13(19)17-16-12-4-2-3-6-15-12/h2-4,6,10-11H,5,7-9,14H2,1H3,(H,15,16)(H,17,19). The highest BCUT2D eigenvalue weighted by Gasteiger charge is 2.24. The lowest BCUT2D eigenvalue weighted by atomic mass is 9.95. The molecule has 1 saturated heterocycles. The third-order valence-electron chi connectivity index (χ3n) is 3.42. The summed E-state index contributed by atoms with van der Waals surface area (Å²) in [5.74, 6) is 1.00. The molecular weight excluding hydrogens is 242 g/mol. The van der Waals surface area contributed by atoms with Crippen LogP contribution in [-0.4, -0.2) is 41.5 Å². The van der Waals surface area contributed by atoms with E-state index in [0.717, 1.165) is 19.5 Å². The van der Waals surface area contributed by atoms with Gasteiger partial charge < -0.3 is 5.73 Å². The Bertz CT molecular complexity index is 411. The SMILES string of the molecule is CC1CN(CC(=O)NNc2ccccn2)CCC1N. The Labute approximate surface area is 113 Å². The number of amides is 1. The Morgan fingerprint density at radius 3 is 3.11 bits per heavy atom. The van der Waals surface area contributed by atoms with Gasteiger partial charge in [-0.25, -0.2) is 4.98 Å². The fraction of sp³-hybridized carbons (Fsp3) is 0.538. The topological polar surface area (TPSA) is 83.3 Å². The number of likely N-dealkylation sites (tertiary alicyclic amines) is 1. The average molecular weight is 263 g/mol. The van der Waals surface area contributed by atoms with E-state index in [1.165, 1.54) is 0 Å². The number of hydrogen-bond donors (Lipinski definition) is 3. The maximum Gasteiger partial charge on any atom is 0.252 e. The van der Waals surface area contributed by atoms with E-state index in [1.807, 2.05) is 12.1 Å². The van der Waals surface area contributed by atoms with Crippen LogP contribution in [0.25, 0.3) is 0 Å². The monoisotopic (exact) mass is 263 g/mol. The fourth-order valence-corrected chi connectivity index (χ4v) is 2.21. The Hall–Kier alpha value is -1.66. The molecule has 0 saturated carbocycles. The van der Waals surface area contributed by atoms with Gasteiger partial charge in [-0.1, -0.05) is 13.0 Å². The van der Waals surface area contributed by atoms with Crippen LogP contribution in [0.3, 0.4) is 0 Å². The largest absolute Gasteiger partial charge is 0.327 e. The highest BCUT2D eigenvalue weighted by atomic mass is 16.2. The minimum absolute atomic E-state index is 0.0617. The molecular formula is C13H21N5O. The van der Waals surface area contributed by atoms with Gasteiger partial charge in [0.1, 0.15) is 5.82 Å². The number of hydrogen-bond acceptors (Lipinski definition) is 5. The van der Waals surface area contributed by atoms with Crippen molar-refractivity contribution in [2.75, 3.05) is 25.1 Å². The van der Waals surface area contributed by atoms with Gasteiger partial charge >= 0.3 is 0 Å². The van der Waals surface area contributed by atoms with E-state index in [2.05, 4.69) is 27.7 Å². The lowest BCUT2D eigenvalue weighted by Crippen LogP contribution is -2.49. The zero-order chi connectivity index (χ0) is 13.7. The van der Waals surface area contributed by atoms with Crippen LogP contribution in [0.1, 0.15) is 13.3 Å². The number of carbonyl (C=O) groups excluding carboxylic acids is 1. The van der Waals surface area contributed by atoms with E-state index in [4.69, 9.17) is 5.73 Å². The van der Waals surface area contributed by atoms with Crippen molar-refractivity contribution in [2.24, 2.45) is 11.7 Å². The maximum absolute atomic E-state index is 11.8. The van der Waals surface area contributed by atoms with E-state index in [-0.39, 0.29) is 11.9 Å². The third kappa shape index (κ3) is 4.18. The summed E-state index contributed by atoms with van der Waals surface area (Å²) in [6, 6.07) is 5.73. The summed E-state index contributed by atoms with van der Waals surface area (Å²) in [4.78, 5) is 18.0. The lowest BCUT2D eigenvalue weighted by molar-refractivity contribution is -0.122. The predicted octanol–water partition coefficient (Wildman–Crippen LogP) is 0.194. The Balaban J connectivity index is 1.73. The van der Waals surface area contributed by atoms with Crippen LogP contribution in [0.4, 0.5) is 5.82 Å². The molecule has 0 radical (unpaired) electrons. The normalized spacial score (nSPS) is 23.9. The summed E-state index contributed by atoms with van der Waals surface area (Å²) < 4.78 is 0. The van der Waals surface area contributed by atoms with E-state index >= 15 is 0 Å². The molecule has 4 N–H and O–H groups in total. The van der Waals surface area contributed by atoms with Crippen LogP contribution in [0, 0.1) is 5.92 Å². The van der Waals surface area contributed by atoms with Gasteiger partial charge in [0.2, 0.25) is 0 Å². The molecule has 1 aromatic heterocycles. The molecule has 2 atom stereocenters. The van der Waals surface area contributed by atoms with E-state index in [0.29, 0.717) is 18.3 Å². The molecule has 0 aliphatic carbocycles. The van der Waals surface area contributed by atoms with Gasteiger partial charge in [-0.2, -0.15) is 0 Å². The third-order valence-corrected chi connectivity index (χ3v) is 3.42. The number of carbonyl (C=O) groups is 1. The van der Waals surface area contributed by atoms with E-state index in [1.54, 1.807) is 12.3 Å².